The van der Waals surface area contributed by atoms with E-state index in [4.69, 9.17) is 0 Å². The van der Waals surface area contributed by atoms with E-state index < -0.39 is 0 Å². The summed E-state index contributed by atoms with van der Waals surface area (Å²) in [5.74, 6) is -0.111. The van der Waals surface area contributed by atoms with Crippen molar-refractivity contribution in [2.45, 2.75) is 33.6 Å². The van der Waals surface area contributed by atoms with Crippen LogP contribution >= 0.6 is 0 Å². The number of pyridine rings is 1. The van der Waals surface area contributed by atoms with Gasteiger partial charge < -0.3 is 14.9 Å². The number of piperidine rings is 1. The van der Waals surface area contributed by atoms with E-state index in [1.807, 2.05) is 18.7 Å². The Morgan fingerprint density at radius 3 is 2.48 bits per heavy atom. The zero-order valence-corrected chi connectivity index (χ0v) is 14.1. The Morgan fingerprint density at radius 2 is 1.91 bits per heavy atom. The van der Waals surface area contributed by atoms with Gasteiger partial charge in [-0.1, -0.05) is 0 Å². The third-order valence-corrected chi connectivity index (χ3v) is 4.46. The molecule has 126 valence electrons. The Bertz CT molecular complexity index is 576. The molecule has 2 amide bonds. The monoisotopic (exact) mass is 319 g/mol. The lowest BCUT2D eigenvalue weighted by Gasteiger charge is -2.33. The zero-order valence-electron chi connectivity index (χ0n) is 14.1. The van der Waals surface area contributed by atoms with Gasteiger partial charge in [0.1, 0.15) is 5.75 Å². The molecule has 23 heavy (non-hydrogen) atoms. The molecular formula is C17H25N3O3. The normalized spacial score (nSPS) is 15.5. The van der Waals surface area contributed by atoms with Crippen molar-refractivity contribution in [2.75, 3.05) is 26.2 Å². The minimum Gasteiger partial charge on any atom is -0.505 e. The van der Waals surface area contributed by atoms with Crippen molar-refractivity contribution in [3.8, 4) is 5.75 Å². The highest BCUT2D eigenvalue weighted by Gasteiger charge is 2.30. The standard InChI is InChI=1S/C17H25N3O3/c1-4-19(5-2)16(22)13-6-8-20(9-7-13)17(23)14-10-12(3)18-11-15(14)21/h10-11,13,21H,4-9H2,1-3H3. The number of carbonyl (C=O) groups is 2. The van der Waals surface area contributed by atoms with Gasteiger partial charge in [-0.15, -0.1) is 0 Å². The summed E-state index contributed by atoms with van der Waals surface area (Å²) in [5, 5.41) is 9.84. The van der Waals surface area contributed by atoms with Gasteiger partial charge in [-0.05, 0) is 39.7 Å². The van der Waals surface area contributed by atoms with E-state index >= 15 is 0 Å². The predicted octanol–water partition coefficient (Wildman–Crippen LogP) is 1.82. The van der Waals surface area contributed by atoms with E-state index in [1.54, 1.807) is 17.9 Å². The Hall–Kier alpha value is -2.11. The van der Waals surface area contributed by atoms with Gasteiger partial charge in [0.05, 0.1) is 11.8 Å². The molecule has 0 atom stereocenters. The molecule has 1 N–H and O–H groups in total. The molecule has 6 nitrogen and oxygen atoms in total. The number of carbonyl (C=O) groups excluding carboxylic acids is 2. The number of rotatable bonds is 4. The molecule has 1 aromatic rings. The van der Waals surface area contributed by atoms with Crippen molar-refractivity contribution in [1.82, 2.24) is 14.8 Å². The Morgan fingerprint density at radius 1 is 1.30 bits per heavy atom. The highest BCUT2D eigenvalue weighted by molar-refractivity contribution is 5.97. The average Bonchev–Trinajstić information content (AvgIpc) is 2.57. The van der Waals surface area contributed by atoms with Crippen LogP contribution in [0.15, 0.2) is 12.3 Å². The second kappa shape index (κ2) is 7.44. The summed E-state index contributed by atoms with van der Waals surface area (Å²) in [5.41, 5.74) is 0.976. The summed E-state index contributed by atoms with van der Waals surface area (Å²) in [4.78, 5) is 32.4. The van der Waals surface area contributed by atoms with Gasteiger partial charge in [0, 0.05) is 37.8 Å². The van der Waals surface area contributed by atoms with Crippen LogP contribution in [-0.4, -0.2) is 57.9 Å². The van der Waals surface area contributed by atoms with Crippen LogP contribution in [0, 0.1) is 12.8 Å². The van der Waals surface area contributed by atoms with Crippen LogP contribution in [0.1, 0.15) is 42.7 Å². The van der Waals surface area contributed by atoms with Crippen LogP contribution in [-0.2, 0) is 4.79 Å². The van der Waals surface area contributed by atoms with E-state index in [9.17, 15) is 14.7 Å². The summed E-state index contributed by atoms with van der Waals surface area (Å²) in [6.45, 7) is 8.26. The highest BCUT2D eigenvalue weighted by Crippen LogP contribution is 2.24. The minimum absolute atomic E-state index is 0.00766. The Kier molecular flexibility index (Phi) is 5.58. The third-order valence-electron chi connectivity index (χ3n) is 4.46. The van der Waals surface area contributed by atoms with Gasteiger partial charge >= 0.3 is 0 Å². The number of aromatic hydroxyl groups is 1. The lowest BCUT2D eigenvalue weighted by atomic mass is 9.94. The minimum atomic E-state index is -0.193. The second-order valence-corrected chi connectivity index (χ2v) is 5.92. The first kappa shape index (κ1) is 17.2. The number of nitrogens with zero attached hydrogens (tertiary/aromatic N) is 3. The fourth-order valence-electron chi connectivity index (χ4n) is 3.02. The zero-order chi connectivity index (χ0) is 17.0. The molecule has 1 aromatic heterocycles. The SMILES string of the molecule is CCN(CC)C(=O)C1CCN(C(=O)c2cc(C)ncc2O)CC1. The molecule has 1 aliphatic rings. The van der Waals surface area contributed by atoms with Gasteiger partial charge in [0.15, 0.2) is 0 Å². The quantitative estimate of drug-likeness (QED) is 0.918. The lowest BCUT2D eigenvalue weighted by molar-refractivity contribution is -0.136. The topological polar surface area (TPSA) is 73.7 Å². The number of aromatic nitrogens is 1. The summed E-state index contributed by atoms with van der Waals surface area (Å²) in [7, 11) is 0. The summed E-state index contributed by atoms with van der Waals surface area (Å²) < 4.78 is 0. The van der Waals surface area contributed by atoms with E-state index in [0.29, 0.717) is 31.6 Å². The predicted molar refractivity (Wildman–Crippen MR) is 87.2 cm³/mol. The van der Waals surface area contributed by atoms with Gasteiger partial charge in [-0.3, -0.25) is 14.6 Å². The maximum absolute atomic E-state index is 12.5. The first-order chi connectivity index (χ1) is 11.0. The molecule has 0 aliphatic carbocycles. The van der Waals surface area contributed by atoms with Crippen LogP contribution < -0.4 is 0 Å². The third kappa shape index (κ3) is 3.81. The van der Waals surface area contributed by atoms with Crippen molar-refractivity contribution in [3.63, 3.8) is 0 Å². The summed E-state index contributed by atoms with van der Waals surface area (Å²) >= 11 is 0. The molecule has 0 aromatic carbocycles. The molecular weight excluding hydrogens is 294 g/mol. The Balaban J connectivity index is 2.00. The van der Waals surface area contributed by atoms with E-state index in [0.717, 1.165) is 13.1 Å². The molecule has 0 spiro atoms. The smallest absolute Gasteiger partial charge is 0.257 e. The fourth-order valence-corrected chi connectivity index (χ4v) is 3.02. The van der Waals surface area contributed by atoms with Gasteiger partial charge in [0.2, 0.25) is 5.91 Å². The van der Waals surface area contributed by atoms with Crippen molar-refractivity contribution in [1.29, 1.82) is 0 Å². The highest BCUT2D eigenvalue weighted by atomic mass is 16.3. The van der Waals surface area contributed by atoms with Gasteiger partial charge in [-0.2, -0.15) is 0 Å². The molecule has 0 radical (unpaired) electrons. The summed E-state index contributed by atoms with van der Waals surface area (Å²) in [6.07, 6.45) is 2.65. The first-order valence-electron chi connectivity index (χ1n) is 8.21. The van der Waals surface area contributed by atoms with Crippen molar-refractivity contribution in [3.05, 3.63) is 23.5 Å². The van der Waals surface area contributed by atoms with Gasteiger partial charge in [-0.25, -0.2) is 0 Å². The number of hydrogen-bond acceptors (Lipinski definition) is 4. The van der Waals surface area contributed by atoms with Crippen LogP contribution in [0.5, 0.6) is 5.75 Å². The molecule has 1 saturated heterocycles. The fraction of sp³-hybridized carbons (Fsp3) is 0.588. The molecule has 0 saturated carbocycles. The van der Waals surface area contributed by atoms with E-state index in [2.05, 4.69) is 4.98 Å². The van der Waals surface area contributed by atoms with Crippen LogP contribution in [0.3, 0.4) is 0 Å². The van der Waals surface area contributed by atoms with E-state index in [1.165, 1.54) is 6.20 Å². The maximum Gasteiger partial charge on any atom is 0.257 e. The Labute approximate surface area is 137 Å². The molecule has 2 heterocycles. The number of likely N-dealkylation sites (tertiary alicyclic amines) is 1. The van der Waals surface area contributed by atoms with Crippen LogP contribution in [0.25, 0.3) is 0 Å². The van der Waals surface area contributed by atoms with Crippen LogP contribution in [0.2, 0.25) is 0 Å². The maximum atomic E-state index is 12.5. The van der Waals surface area contributed by atoms with E-state index in [-0.39, 0.29) is 29.0 Å². The first-order valence-corrected chi connectivity index (χ1v) is 8.21. The molecule has 2 rings (SSSR count). The van der Waals surface area contributed by atoms with Gasteiger partial charge in [0.25, 0.3) is 5.91 Å². The van der Waals surface area contributed by atoms with Crippen molar-refractivity contribution in [2.24, 2.45) is 5.92 Å². The molecule has 6 heteroatoms. The molecule has 1 aliphatic heterocycles. The van der Waals surface area contributed by atoms with Crippen LogP contribution in [0.4, 0.5) is 0 Å². The second-order valence-electron chi connectivity index (χ2n) is 5.92. The summed E-state index contributed by atoms with van der Waals surface area (Å²) in [6, 6.07) is 1.60. The lowest BCUT2D eigenvalue weighted by Crippen LogP contribution is -2.44. The number of amides is 2. The molecule has 0 unspecified atom stereocenters. The number of aryl methyl sites for hydroxylation is 1. The molecule has 1 fully saturated rings. The largest absolute Gasteiger partial charge is 0.505 e. The van der Waals surface area contributed by atoms with Crippen molar-refractivity contribution < 1.29 is 14.7 Å². The number of hydrogen-bond donors (Lipinski definition) is 1. The van der Waals surface area contributed by atoms with Crippen molar-refractivity contribution >= 4 is 11.8 Å². The molecule has 0 bridgehead atoms. The average molecular weight is 319 g/mol.